The van der Waals surface area contributed by atoms with E-state index in [4.69, 9.17) is 9.15 Å². The van der Waals surface area contributed by atoms with Crippen LogP contribution in [0.1, 0.15) is 27.4 Å². The summed E-state index contributed by atoms with van der Waals surface area (Å²) in [4.78, 5) is 12.1. The average Bonchev–Trinajstić information content (AvgIpc) is 3.02. The van der Waals surface area contributed by atoms with Crippen LogP contribution in [0.4, 0.5) is 5.69 Å². The van der Waals surface area contributed by atoms with Crippen LogP contribution in [0, 0.1) is 13.8 Å². The van der Waals surface area contributed by atoms with Crippen molar-refractivity contribution in [3.8, 4) is 5.75 Å². The Balaban J connectivity index is 1.62. The second kappa shape index (κ2) is 7.04. The first-order chi connectivity index (χ1) is 11.6. The predicted molar refractivity (Wildman–Crippen MR) is 93.4 cm³/mol. The van der Waals surface area contributed by atoms with Gasteiger partial charge in [-0.2, -0.15) is 0 Å². The van der Waals surface area contributed by atoms with Gasteiger partial charge in [-0.3, -0.25) is 4.79 Å². The lowest BCUT2D eigenvalue weighted by molar-refractivity contribution is 0.0992. The summed E-state index contributed by atoms with van der Waals surface area (Å²) in [5.41, 5.74) is 3.02. The van der Waals surface area contributed by atoms with Crippen molar-refractivity contribution in [1.29, 1.82) is 0 Å². The van der Waals surface area contributed by atoms with Crippen molar-refractivity contribution in [2.45, 2.75) is 20.5 Å². The van der Waals surface area contributed by atoms with Crippen LogP contribution in [0.5, 0.6) is 5.75 Å². The average molecular weight is 321 g/mol. The summed E-state index contributed by atoms with van der Waals surface area (Å²) < 4.78 is 11.3. The highest BCUT2D eigenvalue weighted by Crippen LogP contribution is 2.19. The van der Waals surface area contributed by atoms with E-state index in [1.807, 2.05) is 56.3 Å². The normalized spacial score (nSPS) is 10.4. The number of hydrogen-bond acceptors (Lipinski definition) is 3. The molecule has 0 spiro atoms. The monoisotopic (exact) mass is 321 g/mol. The fourth-order valence-electron chi connectivity index (χ4n) is 2.46. The standard InChI is InChI=1S/C20H19NO3/c1-14-10-15(2)12-18(11-14)23-13-17-8-9-19(24-17)20(22)21-16-6-4-3-5-7-16/h3-12H,13H2,1-2H3,(H,21,22). The Hall–Kier alpha value is -3.01. The molecular weight excluding hydrogens is 302 g/mol. The molecule has 0 saturated heterocycles. The van der Waals surface area contributed by atoms with Crippen LogP contribution < -0.4 is 10.1 Å². The van der Waals surface area contributed by atoms with Crippen LogP contribution in [-0.2, 0) is 6.61 Å². The first-order valence-electron chi connectivity index (χ1n) is 7.76. The molecule has 24 heavy (non-hydrogen) atoms. The van der Waals surface area contributed by atoms with E-state index in [0.717, 1.165) is 22.6 Å². The smallest absolute Gasteiger partial charge is 0.291 e. The summed E-state index contributed by atoms with van der Waals surface area (Å²) in [6.07, 6.45) is 0. The molecule has 0 bridgehead atoms. The Labute approximate surface area is 141 Å². The molecule has 0 fully saturated rings. The van der Waals surface area contributed by atoms with Crippen molar-refractivity contribution in [2.75, 3.05) is 5.32 Å². The van der Waals surface area contributed by atoms with Crippen molar-refractivity contribution < 1.29 is 13.9 Å². The topological polar surface area (TPSA) is 51.5 Å². The molecule has 4 heteroatoms. The fraction of sp³-hybridized carbons (Fsp3) is 0.150. The van der Waals surface area contributed by atoms with Crippen LogP contribution >= 0.6 is 0 Å². The van der Waals surface area contributed by atoms with Crippen molar-refractivity contribution in [3.63, 3.8) is 0 Å². The molecule has 1 amide bonds. The summed E-state index contributed by atoms with van der Waals surface area (Å²) in [7, 11) is 0. The van der Waals surface area contributed by atoms with Gasteiger partial charge >= 0.3 is 0 Å². The quantitative estimate of drug-likeness (QED) is 0.739. The molecule has 0 aliphatic heterocycles. The Bertz CT molecular complexity index is 817. The second-order valence-corrected chi connectivity index (χ2v) is 5.70. The van der Waals surface area contributed by atoms with Crippen LogP contribution in [0.15, 0.2) is 65.1 Å². The zero-order valence-corrected chi connectivity index (χ0v) is 13.7. The van der Waals surface area contributed by atoms with E-state index in [0.29, 0.717) is 5.76 Å². The van der Waals surface area contributed by atoms with Crippen molar-refractivity contribution >= 4 is 11.6 Å². The molecule has 0 radical (unpaired) electrons. The van der Waals surface area contributed by atoms with Crippen LogP contribution in [0.25, 0.3) is 0 Å². The number of para-hydroxylation sites is 1. The number of rotatable bonds is 5. The van der Waals surface area contributed by atoms with E-state index in [2.05, 4.69) is 11.4 Å². The van der Waals surface area contributed by atoms with Gasteiger partial charge in [-0.15, -0.1) is 0 Å². The maximum atomic E-state index is 12.1. The largest absolute Gasteiger partial charge is 0.486 e. The molecule has 3 aromatic rings. The molecule has 4 nitrogen and oxygen atoms in total. The number of hydrogen-bond donors (Lipinski definition) is 1. The maximum Gasteiger partial charge on any atom is 0.291 e. The Morgan fingerprint density at radius 2 is 1.71 bits per heavy atom. The number of benzene rings is 2. The summed E-state index contributed by atoms with van der Waals surface area (Å²) >= 11 is 0. The van der Waals surface area contributed by atoms with E-state index in [-0.39, 0.29) is 18.3 Å². The molecule has 122 valence electrons. The zero-order chi connectivity index (χ0) is 16.9. The predicted octanol–water partition coefficient (Wildman–Crippen LogP) is 4.73. The van der Waals surface area contributed by atoms with E-state index in [1.54, 1.807) is 12.1 Å². The number of aryl methyl sites for hydroxylation is 2. The van der Waals surface area contributed by atoms with Crippen LogP contribution in [0.2, 0.25) is 0 Å². The first-order valence-corrected chi connectivity index (χ1v) is 7.76. The van der Waals surface area contributed by atoms with E-state index < -0.39 is 0 Å². The summed E-state index contributed by atoms with van der Waals surface area (Å²) in [6, 6.07) is 18.7. The molecule has 0 aliphatic rings. The van der Waals surface area contributed by atoms with Gasteiger partial charge in [-0.25, -0.2) is 0 Å². The van der Waals surface area contributed by atoms with Gasteiger partial charge in [0.15, 0.2) is 5.76 Å². The SMILES string of the molecule is Cc1cc(C)cc(OCc2ccc(C(=O)Nc3ccccc3)o2)c1. The molecule has 1 N–H and O–H groups in total. The van der Waals surface area contributed by atoms with Gasteiger partial charge in [-0.05, 0) is 61.4 Å². The number of ether oxygens (including phenoxy) is 1. The molecule has 0 aliphatic carbocycles. The van der Waals surface area contributed by atoms with E-state index >= 15 is 0 Å². The molecule has 0 atom stereocenters. The third-order valence-electron chi connectivity index (χ3n) is 3.49. The minimum absolute atomic E-state index is 0.262. The van der Waals surface area contributed by atoms with Gasteiger partial charge in [0, 0.05) is 5.69 Å². The van der Waals surface area contributed by atoms with Gasteiger partial charge < -0.3 is 14.5 Å². The van der Waals surface area contributed by atoms with Gasteiger partial charge in [0.25, 0.3) is 5.91 Å². The minimum Gasteiger partial charge on any atom is -0.486 e. The number of anilines is 1. The Morgan fingerprint density at radius 3 is 2.42 bits per heavy atom. The number of furan rings is 1. The fourth-order valence-corrected chi connectivity index (χ4v) is 2.46. The number of carbonyl (C=O) groups is 1. The van der Waals surface area contributed by atoms with Gasteiger partial charge in [0.2, 0.25) is 0 Å². The Kier molecular flexibility index (Phi) is 4.66. The first kappa shape index (κ1) is 15.9. The molecular formula is C20H19NO3. The number of amides is 1. The molecule has 2 aromatic carbocycles. The maximum absolute atomic E-state index is 12.1. The second-order valence-electron chi connectivity index (χ2n) is 5.70. The van der Waals surface area contributed by atoms with Crippen molar-refractivity contribution in [2.24, 2.45) is 0 Å². The molecule has 1 aromatic heterocycles. The third kappa shape index (κ3) is 4.04. The lowest BCUT2D eigenvalue weighted by atomic mass is 10.1. The molecule has 3 rings (SSSR count). The lowest BCUT2D eigenvalue weighted by Gasteiger charge is -2.06. The number of carbonyl (C=O) groups excluding carboxylic acids is 1. The Morgan fingerprint density at radius 1 is 1.00 bits per heavy atom. The van der Waals surface area contributed by atoms with Crippen molar-refractivity contribution in [1.82, 2.24) is 0 Å². The summed E-state index contributed by atoms with van der Waals surface area (Å²) in [6.45, 7) is 4.33. The highest BCUT2D eigenvalue weighted by molar-refractivity contribution is 6.02. The highest BCUT2D eigenvalue weighted by atomic mass is 16.5. The van der Waals surface area contributed by atoms with Crippen LogP contribution in [-0.4, -0.2) is 5.91 Å². The summed E-state index contributed by atoms with van der Waals surface area (Å²) in [5, 5.41) is 2.79. The minimum atomic E-state index is -0.279. The van der Waals surface area contributed by atoms with Gasteiger partial charge in [-0.1, -0.05) is 24.3 Å². The van der Waals surface area contributed by atoms with E-state index in [1.165, 1.54) is 0 Å². The highest BCUT2D eigenvalue weighted by Gasteiger charge is 2.12. The zero-order valence-electron chi connectivity index (χ0n) is 13.7. The number of nitrogens with one attached hydrogen (secondary N) is 1. The van der Waals surface area contributed by atoms with Crippen molar-refractivity contribution in [3.05, 3.63) is 83.3 Å². The molecule has 1 heterocycles. The summed E-state index contributed by atoms with van der Waals surface area (Å²) in [5.74, 6) is 1.38. The van der Waals surface area contributed by atoms with Gasteiger partial charge in [0.1, 0.15) is 18.1 Å². The molecule has 0 unspecified atom stereocenters. The third-order valence-corrected chi connectivity index (χ3v) is 3.49. The van der Waals surface area contributed by atoms with Gasteiger partial charge in [0.05, 0.1) is 0 Å². The van der Waals surface area contributed by atoms with Crippen LogP contribution in [0.3, 0.4) is 0 Å². The molecule has 0 saturated carbocycles. The van der Waals surface area contributed by atoms with E-state index in [9.17, 15) is 4.79 Å². The lowest BCUT2D eigenvalue weighted by Crippen LogP contribution is -2.10.